The Morgan fingerprint density at radius 3 is 2.72 bits per heavy atom. The van der Waals surface area contributed by atoms with Crippen molar-refractivity contribution < 1.29 is 9.59 Å². The van der Waals surface area contributed by atoms with E-state index in [1.165, 1.54) is 0 Å². The Hall–Kier alpha value is -1.55. The number of nitrogens with one attached hydrogen (secondary N) is 1. The van der Waals surface area contributed by atoms with Crippen molar-refractivity contribution in [2.24, 2.45) is 0 Å². The van der Waals surface area contributed by atoms with Gasteiger partial charge in [0.25, 0.3) is 5.91 Å². The monoisotopic (exact) mass is 512 g/mol. The predicted molar refractivity (Wildman–Crippen MR) is 104 cm³/mol. The molecule has 0 unspecified atom stereocenters. The summed E-state index contributed by atoms with van der Waals surface area (Å²) in [5.41, 5.74) is 1.81. The van der Waals surface area contributed by atoms with Crippen LogP contribution in [0.2, 0.25) is 0 Å². The van der Waals surface area contributed by atoms with Gasteiger partial charge in [-0.2, -0.15) is 0 Å². The number of carbonyl (C=O) groups excluding carboxylic acids is 2. The van der Waals surface area contributed by atoms with Gasteiger partial charge in [-0.15, -0.1) is 0 Å². The zero-order chi connectivity index (χ0) is 17.6. The number of anilines is 1. The van der Waals surface area contributed by atoms with Crippen LogP contribution in [0.15, 0.2) is 35.1 Å². The Bertz CT molecular complexity index is 867. The molecule has 8 heteroatoms. The number of aromatic nitrogens is 2. The number of benzene rings is 1. The first kappa shape index (κ1) is 16.9. The van der Waals surface area contributed by atoms with E-state index in [-0.39, 0.29) is 29.7 Å². The lowest BCUT2D eigenvalue weighted by atomic mass is 9.86. The van der Waals surface area contributed by atoms with Crippen LogP contribution in [-0.2, 0) is 10.2 Å². The summed E-state index contributed by atoms with van der Waals surface area (Å²) in [7, 11) is 0. The third kappa shape index (κ3) is 3.29. The van der Waals surface area contributed by atoms with Gasteiger partial charge in [0.15, 0.2) is 0 Å². The Morgan fingerprint density at radius 2 is 2.04 bits per heavy atom. The van der Waals surface area contributed by atoms with E-state index in [1.54, 1.807) is 17.3 Å². The van der Waals surface area contributed by atoms with Gasteiger partial charge in [0.1, 0.15) is 6.54 Å². The van der Waals surface area contributed by atoms with Gasteiger partial charge in [0.05, 0.1) is 0 Å². The maximum Gasteiger partial charge on any atom is 0.254 e. The van der Waals surface area contributed by atoms with Crippen molar-refractivity contribution >= 4 is 56.3 Å². The predicted octanol–water partition coefficient (Wildman–Crippen LogP) is 2.97. The number of nitrogens with zero attached hydrogens (tertiary/aromatic N) is 3. The molecule has 25 heavy (non-hydrogen) atoms. The normalized spacial score (nSPS) is 17.4. The van der Waals surface area contributed by atoms with E-state index in [1.807, 2.05) is 18.2 Å². The number of fused-ring (bicyclic) bond motifs is 2. The molecular weight excluding hydrogens is 499 g/mol. The second kappa shape index (κ2) is 6.31. The fraction of sp³-hybridized carbons (Fsp3) is 0.294. The lowest BCUT2D eigenvalue weighted by Gasteiger charge is -2.34. The van der Waals surface area contributed by atoms with Gasteiger partial charge in [-0.3, -0.25) is 14.9 Å². The first-order valence-corrected chi connectivity index (χ1v) is 9.71. The SMILES string of the molecule is O=C(CN1CC2(CC2)c2cc(Br)ccc2C1=O)Nc1ncc(I)cn1. The summed E-state index contributed by atoms with van der Waals surface area (Å²) in [6, 6.07) is 5.75. The summed E-state index contributed by atoms with van der Waals surface area (Å²) in [6.07, 6.45) is 5.34. The van der Waals surface area contributed by atoms with Gasteiger partial charge in [-0.05, 0) is 59.2 Å². The molecule has 1 aromatic carbocycles. The van der Waals surface area contributed by atoms with Gasteiger partial charge >= 0.3 is 0 Å². The molecule has 6 nitrogen and oxygen atoms in total. The highest BCUT2D eigenvalue weighted by molar-refractivity contribution is 14.1. The number of amides is 2. The minimum atomic E-state index is -0.286. The van der Waals surface area contributed by atoms with Gasteiger partial charge in [0, 0.05) is 38.0 Å². The van der Waals surface area contributed by atoms with Crippen LogP contribution in [0.1, 0.15) is 28.8 Å². The standard InChI is InChI=1S/C17H14BrIN4O2/c18-10-1-2-12-13(5-10)17(3-4-17)9-23(15(12)25)8-14(24)22-16-20-6-11(19)7-21-16/h1-2,5-7H,3-4,8-9H2,(H,20,21,22,24). The molecule has 1 aromatic heterocycles. The largest absolute Gasteiger partial charge is 0.328 e. The molecule has 1 N–H and O–H groups in total. The molecule has 1 aliphatic carbocycles. The fourth-order valence-corrected chi connectivity index (χ4v) is 3.89. The maximum atomic E-state index is 12.8. The first-order chi connectivity index (χ1) is 12.0. The van der Waals surface area contributed by atoms with Crippen molar-refractivity contribution in [3.63, 3.8) is 0 Å². The lowest BCUT2D eigenvalue weighted by Crippen LogP contribution is -2.46. The number of halogens is 2. The average molecular weight is 513 g/mol. The van der Waals surface area contributed by atoms with Crippen molar-refractivity contribution in [2.75, 3.05) is 18.4 Å². The van der Waals surface area contributed by atoms with Gasteiger partial charge in [0.2, 0.25) is 11.9 Å². The summed E-state index contributed by atoms with van der Waals surface area (Å²) in [4.78, 5) is 34.8. The quantitative estimate of drug-likeness (QED) is 0.641. The number of rotatable bonds is 3. The van der Waals surface area contributed by atoms with Gasteiger partial charge < -0.3 is 4.90 Å². The molecule has 128 valence electrons. The molecule has 1 spiro atoms. The van der Waals surface area contributed by atoms with Crippen LogP contribution in [0.4, 0.5) is 5.95 Å². The lowest BCUT2D eigenvalue weighted by molar-refractivity contribution is -0.117. The summed E-state index contributed by atoms with van der Waals surface area (Å²) >= 11 is 5.58. The van der Waals surface area contributed by atoms with E-state index in [0.717, 1.165) is 26.4 Å². The third-order valence-electron chi connectivity index (χ3n) is 4.62. The second-order valence-electron chi connectivity index (χ2n) is 6.40. The highest BCUT2D eigenvalue weighted by Gasteiger charge is 2.51. The Morgan fingerprint density at radius 1 is 1.32 bits per heavy atom. The van der Waals surface area contributed by atoms with E-state index < -0.39 is 0 Å². The third-order valence-corrected chi connectivity index (χ3v) is 5.67. The van der Waals surface area contributed by atoms with Crippen molar-refractivity contribution in [3.8, 4) is 0 Å². The van der Waals surface area contributed by atoms with Crippen LogP contribution in [-0.4, -0.2) is 39.8 Å². The summed E-state index contributed by atoms with van der Waals surface area (Å²) in [5.74, 6) is -0.134. The maximum absolute atomic E-state index is 12.8. The molecule has 2 aromatic rings. The number of carbonyl (C=O) groups is 2. The zero-order valence-electron chi connectivity index (χ0n) is 13.1. The van der Waals surface area contributed by atoms with Crippen molar-refractivity contribution in [2.45, 2.75) is 18.3 Å². The highest BCUT2D eigenvalue weighted by Crippen LogP contribution is 2.52. The number of hydrogen-bond donors (Lipinski definition) is 1. The molecule has 1 fully saturated rings. The van der Waals surface area contributed by atoms with Gasteiger partial charge in [-0.25, -0.2) is 9.97 Å². The van der Waals surface area contributed by atoms with E-state index in [0.29, 0.717) is 12.1 Å². The van der Waals surface area contributed by atoms with Crippen LogP contribution < -0.4 is 5.32 Å². The topological polar surface area (TPSA) is 75.2 Å². The minimum Gasteiger partial charge on any atom is -0.328 e. The Labute approximate surface area is 166 Å². The number of hydrogen-bond acceptors (Lipinski definition) is 4. The molecule has 2 heterocycles. The highest BCUT2D eigenvalue weighted by atomic mass is 127. The molecule has 4 rings (SSSR count). The van der Waals surface area contributed by atoms with Crippen LogP contribution in [0.5, 0.6) is 0 Å². The molecule has 1 saturated carbocycles. The second-order valence-corrected chi connectivity index (χ2v) is 8.57. The van der Waals surface area contributed by atoms with Crippen LogP contribution in [0.3, 0.4) is 0 Å². The Kier molecular flexibility index (Phi) is 4.27. The molecule has 2 aliphatic rings. The average Bonchev–Trinajstić information content (AvgIpc) is 3.35. The minimum absolute atomic E-state index is 0.00539. The van der Waals surface area contributed by atoms with Gasteiger partial charge in [-0.1, -0.05) is 15.9 Å². The smallest absolute Gasteiger partial charge is 0.254 e. The van der Waals surface area contributed by atoms with Crippen LogP contribution in [0, 0.1) is 3.57 Å². The summed E-state index contributed by atoms with van der Waals surface area (Å²) < 4.78 is 1.87. The molecule has 0 radical (unpaired) electrons. The van der Waals surface area contributed by atoms with E-state index in [2.05, 4.69) is 53.8 Å². The molecule has 0 bridgehead atoms. The van der Waals surface area contributed by atoms with E-state index in [4.69, 9.17) is 0 Å². The van der Waals surface area contributed by atoms with Crippen LogP contribution >= 0.6 is 38.5 Å². The van der Waals surface area contributed by atoms with Crippen molar-refractivity contribution in [3.05, 3.63) is 49.8 Å². The molecule has 2 amide bonds. The molecule has 1 aliphatic heterocycles. The van der Waals surface area contributed by atoms with Crippen molar-refractivity contribution in [1.82, 2.24) is 14.9 Å². The van der Waals surface area contributed by atoms with Crippen molar-refractivity contribution in [1.29, 1.82) is 0 Å². The first-order valence-electron chi connectivity index (χ1n) is 7.84. The summed E-state index contributed by atoms with van der Waals surface area (Å²) in [5, 5.41) is 2.65. The zero-order valence-corrected chi connectivity index (χ0v) is 16.9. The van der Waals surface area contributed by atoms with E-state index in [9.17, 15) is 9.59 Å². The Balaban J connectivity index is 1.52. The summed E-state index contributed by atoms with van der Waals surface area (Å²) in [6.45, 7) is 0.585. The molecular formula is C17H14BrIN4O2. The molecule has 0 saturated heterocycles. The van der Waals surface area contributed by atoms with E-state index >= 15 is 0 Å². The van der Waals surface area contributed by atoms with Crippen LogP contribution in [0.25, 0.3) is 0 Å². The molecule has 0 atom stereocenters. The fourth-order valence-electron chi connectivity index (χ4n) is 3.25.